The lowest BCUT2D eigenvalue weighted by molar-refractivity contribution is -0.140. The van der Waals surface area contributed by atoms with Crippen LogP contribution in [0.5, 0.6) is 0 Å². The second-order valence-corrected chi connectivity index (χ2v) is 7.82. The minimum Gasteiger partial charge on any atom is -0.351 e. The van der Waals surface area contributed by atoms with E-state index in [9.17, 15) is 14.4 Å². The van der Waals surface area contributed by atoms with Crippen molar-refractivity contribution in [3.05, 3.63) is 29.8 Å². The first-order valence-corrected chi connectivity index (χ1v) is 10.5. The van der Waals surface area contributed by atoms with Crippen LogP contribution in [0.4, 0.5) is 10.5 Å². The van der Waals surface area contributed by atoms with Gasteiger partial charge in [0.1, 0.15) is 6.04 Å². The van der Waals surface area contributed by atoms with Gasteiger partial charge in [-0.15, -0.1) is 0 Å². The van der Waals surface area contributed by atoms with E-state index in [2.05, 4.69) is 15.6 Å². The number of aryl methyl sites for hydroxylation is 1. The van der Waals surface area contributed by atoms with Crippen LogP contribution < -0.4 is 16.4 Å². The molecule has 30 heavy (non-hydrogen) atoms. The second kappa shape index (κ2) is 10.1. The number of carbonyl (C=O) groups is 3. The minimum atomic E-state index is -0.768. The molecular weight excluding hydrogens is 384 g/mol. The average Bonchev–Trinajstić information content (AvgIpc) is 3.17. The quantitative estimate of drug-likeness (QED) is 0.510. The second-order valence-electron chi connectivity index (χ2n) is 7.82. The first-order chi connectivity index (χ1) is 14.4. The fraction of sp³-hybridized carbons (Fsp3) is 0.524. The average molecular weight is 415 g/mol. The van der Waals surface area contributed by atoms with Crippen molar-refractivity contribution in [2.45, 2.75) is 45.1 Å². The van der Waals surface area contributed by atoms with Gasteiger partial charge in [-0.05, 0) is 56.7 Å². The summed E-state index contributed by atoms with van der Waals surface area (Å²) in [5.41, 5.74) is 7.06. The van der Waals surface area contributed by atoms with E-state index < -0.39 is 12.1 Å². The molecule has 2 aliphatic heterocycles. The topological polar surface area (TPSA) is 120 Å². The van der Waals surface area contributed by atoms with Crippen LogP contribution in [0.1, 0.15) is 37.7 Å². The Hall–Kier alpha value is -3.10. The Morgan fingerprint density at radius 2 is 1.90 bits per heavy atom. The highest BCUT2D eigenvalue weighted by atomic mass is 16.2. The van der Waals surface area contributed by atoms with E-state index in [4.69, 9.17) is 5.73 Å². The van der Waals surface area contributed by atoms with Gasteiger partial charge in [0, 0.05) is 25.3 Å². The summed E-state index contributed by atoms with van der Waals surface area (Å²) in [5.74, 6) is -0.0899. The van der Waals surface area contributed by atoms with Crippen LogP contribution >= 0.6 is 0 Å². The molecule has 0 radical (unpaired) electrons. The first-order valence-electron chi connectivity index (χ1n) is 10.5. The Labute approximate surface area is 176 Å². The van der Waals surface area contributed by atoms with Crippen molar-refractivity contribution in [2.24, 2.45) is 10.7 Å². The van der Waals surface area contributed by atoms with E-state index in [1.165, 1.54) is 0 Å². The van der Waals surface area contributed by atoms with Crippen molar-refractivity contribution < 1.29 is 14.4 Å². The molecule has 1 aromatic rings. The van der Waals surface area contributed by atoms with E-state index >= 15 is 0 Å². The van der Waals surface area contributed by atoms with Crippen molar-refractivity contribution in [3.8, 4) is 0 Å². The van der Waals surface area contributed by atoms with E-state index in [1.807, 2.05) is 36.1 Å². The first kappa shape index (κ1) is 21.6. The van der Waals surface area contributed by atoms with Crippen LogP contribution in [0.15, 0.2) is 29.3 Å². The van der Waals surface area contributed by atoms with Crippen molar-refractivity contribution in [3.63, 3.8) is 0 Å². The van der Waals surface area contributed by atoms with Crippen molar-refractivity contribution >= 4 is 29.5 Å². The fourth-order valence-electron chi connectivity index (χ4n) is 3.82. The van der Waals surface area contributed by atoms with E-state index in [1.54, 1.807) is 4.90 Å². The number of urea groups is 1. The number of rotatable bonds is 4. The SMILES string of the molecule is Cc1cccc(NC(=N[C@H]2CCCCN(CC(=O)N3CCCC3)C2=O)NC(N)=O)c1. The Balaban J connectivity index is 1.74. The van der Waals surface area contributed by atoms with Crippen molar-refractivity contribution in [1.29, 1.82) is 0 Å². The highest BCUT2D eigenvalue weighted by Gasteiger charge is 2.30. The Kier molecular flexibility index (Phi) is 7.26. The molecule has 2 aliphatic rings. The fourth-order valence-corrected chi connectivity index (χ4v) is 3.82. The van der Waals surface area contributed by atoms with E-state index in [0.717, 1.165) is 50.0 Å². The number of likely N-dealkylation sites (tertiary alicyclic amines) is 2. The Morgan fingerprint density at radius 3 is 2.60 bits per heavy atom. The Bertz CT molecular complexity index is 819. The molecule has 0 spiro atoms. The zero-order valence-corrected chi connectivity index (χ0v) is 17.4. The predicted molar refractivity (Wildman–Crippen MR) is 115 cm³/mol. The minimum absolute atomic E-state index is 0.0150. The summed E-state index contributed by atoms with van der Waals surface area (Å²) < 4.78 is 0. The molecule has 4 N–H and O–H groups in total. The molecule has 9 heteroatoms. The van der Waals surface area contributed by atoms with Gasteiger partial charge in [0.05, 0.1) is 6.54 Å². The third-order valence-electron chi connectivity index (χ3n) is 5.34. The van der Waals surface area contributed by atoms with Gasteiger partial charge in [-0.25, -0.2) is 9.79 Å². The third-order valence-corrected chi connectivity index (χ3v) is 5.34. The van der Waals surface area contributed by atoms with Crippen molar-refractivity contribution in [1.82, 2.24) is 15.1 Å². The number of guanidine groups is 1. The van der Waals surface area contributed by atoms with Crippen LogP contribution in [0.3, 0.4) is 0 Å². The number of hydrogen-bond donors (Lipinski definition) is 3. The standard InChI is InChI=1S/C21H30N6O3/c1-15-7-6-8-16(13-15)23-21(25-20(22)30)24-17-9-2-3-12-27(19(17)29)14-18(28)26-10-4-5-11-26/h6-8,13,17H,2-5,9-12,14H2,1H3,(H4,22,23,24,25,30)/t17-/m0/s1. The number of hydrogen-bond acceptors (Lipinski definition) is 4. The van der Waals surface area contributed by atoms with Crippen molar-refractivity contribution in [2.75, 3.05) is 31.5 Å². The molecule has 2 heterocycles. The number of primary amides is 1. The normalized spacial score (nSPS) is 20.1. The molecule has 2 fully saturated rings. The third kappa shape index (κ3) is 5.95. The molecule has 0 aromatic heterocycles. The number of anilines is 1. The van der Waals surface area contributed by atoms with E-state index in [-0.39, 0.29) is 24.3 Å². The molecule has 1 atom stereocenters. The maximum atomic E-state index is 13.1. The van der Waals surface area contributed by atoms with Crippen LogP contribution in [-0.4, -0.2) is 65.8 Å². The molecule has 0 bridgehead atoms. The number of amides is 4. The highest BCUT2D eigenvalue weighted by Crippen LogP contribution is 2.17. The van der Waals surface area contributed by atoms with Gasteiger partial charge < -0.3 is 20.9 Å². The van der Waals surface area contributed by atoms with Crippen LogP contribution in [0.2, 0.25) is 0 Å². The highest BCUT2D eigenvalue weighted by molar-refractivity contribution is 6.04. The summed E-state index contributed by atoms with van der Waals surface area (Å²) in [7, 11) is 0. The zero-order chi connectivity index (χ0) is 21.5. The molecule has 9 nitrogen and oxygen atoms in total. The molecule has 3 rings (SSSR count). The maximum Gasteiger partial charge on any atom is 0.318 e. The molecule has 4 amide bonds. The summed E-state index contributed by atoms with van der Waals surface area (Å²) in [6.07, 6.45) is 4.20. The maximum absolute atomic E-state index is 13.1. The van der Waals surface area contributed by atoms with Gasteiger partial charge in [0.15, 0.2) is 0 Å². The largest absolute Gasteiger partial charge is 0.351 e. The van der Waals surface area contributed by atoms with Gasteiger partial charge in [0.2, 0.25) is 17.8 Å². The molecular formula is C21H30N6O3. The lowest BCUT2D eigenvalue weighted by Crippen LogP contribution is -2.46. The van der Waals surface area contributed by atoms with Gasteiger partial charge in [-0.1, -0.05) is 12.1 Å². The van der Waals surface area contributed by atoms with Gasteiger partial charge in [-0.3, -0.25) is 14.9 Å². The summed E-state index contributed by atoms with van der Waals surface area (Å²) in [6.45, 7) is 4.09. The molecule has 2 saturated heterocycles. The lowest BCUT2D eigenvalue weighted by Gasteiger charge is -2.25. The van der Waals surface area contributed by atoms with Gasteiger partial charge in [-0.2, -0.15) is 0 Å². The summed E-state index contributed by atoms with van der Waals surface area (Å²) in [5, 5.41) is 5.50. The number of benzene rings is 1. The number of nitrogens with zero attached hydrogens (tertiary/aromatic N) is 3. The zero-order valence-electron chi connectivity index (χ0n) is 17.4. The number of nitrogens with one attached hydrogen (secondary N) is 2. The van der Waals surface area contributed by atoms with Crippen LogP contribution in [0, 0.1) is 6.92 Å². The molecule has 162 valence electrons. The van der Waals surface area contributed by atoms with E-state index in [0.29, 0.717) is 13.0 Å². The summed E-state index contributed by atoms with van der Waals surface area (Å²) in [6, 6.07) is 6.11. The molecule has 0 aliphatic carbocycles. The molecule has 0 unspecified atom stereocenters. The summed E-state index contributed by atoms with van der Waals surface area (Å²) >= 11 is 0. The smallest absolute Gasteiger partial charge is 0.318 e. The number of aliphatic imine (C=N–C) groups is 1. The predicted octanol–water partition coefficient (Wildman–Crippen LogP) is 1.43. The number of carbonyl (C=O) groups excluding carboxylic acids is 3. The molecule has 1 aromatic carbocycles. The monoisotopic (exact) mass is 414 g/mol. The molecule has 0 saturated carbocycles. The number of nitrogens with two attached hydrogens (primary N) is 1. The van der Waals surface area contributed by atoms with Crippen LogP contribution in [0.25, 0.3) is 0 Å². The van der Waals surface area contributed by atoms with Gasteiger partial charge >= 0.3 is 6.03 Å². The summed E-state index contributed by atoms with van der Waals surface area (Å²) in [4.78, 5) is 45.0. The lowest BCUT2D eigenvalue weighted by atomic mass is 10.1. The van der Waals surface area contributed by atoms with Gasteiger partial charge in [0.25, 0.3) is 0 Å². The Morgan fingerprint density at radius 1 is 1.17 bits per heavy atom. The van der Waals surface area contributed by atoms with Crippen LogP contribution in [-0.2, 0) is 9.59 Å².